The Morgan fingerprint density at radius 3 is 2.56 bits per heavy atom. The number of rotatable bonds is 9. The number of nitrogens with one attached hydrogen (secondary N) is 2. The molecule has 222 valence electrons. The van der Waals surface area contributed by atoms with Crippen LogP contribution in [0.1, 0.15) is 54.4 Å². The van der Waals surface area contributed by atoms with Crippen molar-refractivity contribution in [3.63, 3.8) is 0 Å². The summed E-state index contributed by atoms with van der Waals surface area (Å²) >= 11 is 3.27. The molecular weight excluding hydrogens is 583 g/mol. The molecule has 10 nitrogen and oxygen atoms in total. The predicted molar refractivity (Wildman–Crippen MR) is 169 cm³/mol. The van der Waals surface area contributed by atoms with Gasteiger partial charge in [-0.25, -0.2) is 15.0 Å². The number of aryl methyl sites for hydroxylation is 1. The highest BCUT2D eigenvalue weighted by molar-refractivity contribution is 7.21. The molecule has 0 bridgehead atoms. The molecule has 2 aliphatic carbocycles. The molecule has 2 fully saturated rings. The first kappa shape index (κ1) is 28.2. The molecule has 2 saturated carbocycles. The third-order valence-electron chi connectivity index (χ3n) is 8.35. The van der Waals surface area contributed by atoms with Crippen molar-refractivity contribution in [3.05, 3.63) is 64.4 Å². The number of pyridine rings is 1. The SMILES string of the molecule is Cc1nc(N[C@H](C)c2ccc(-c3csc(C4CC4)n3)cc2)nc(N[C@@H]2C[C@H](CO)[C@@H](O)[C@H]2O)c1-c1nc2cnccc2s1. The average Bonchev–Trinajstić information content (AvgIpc) is 3.47. The first-order valence-electron chi connectivity index (χ1n) is 14.5. The topological polar surface area (TPSA) is 149 Å². The maximum Gasteiger partial charge on any atom is 0.225 e. The monoisotopic (exact) mass is 615 g/mol. The Hall–Kier alpha value is -3.55. The maximum atomic E-state index is 10.8. The second-order valence-electron chi connectivity index (χ2n) is 11.5. The van der Waals surface area contributed by atoms with Crippen LogP contribution in [0.25, 0.3) is 32.0 Å². The second-order valence-corrected chi connectivity index (χ2v) is 13.4. The van der Waals surface area contributed by atoms with E-state index < -0.39 is 24.2 Å². The number of aliphatic hydroxyl groups is 3. The number of aromatic nitrogens is 5. The molecule has 0 spiro atoms. The highest BCUT2D eigenvalue weighted by Gasteiger charge is 2.41. The molecule has 0 saturated heterocycles. The Labute approximate surface area is 257 Å². The summed E-state index contributed by atoms with van der Waals surface area (Å²) in [4.78, 5) is 23.5. The first-order chi connectivity index (χ1) is 20.9. The van der Waals surface area contributed by atoms with Gasteiger partial charge in [-0.2, -0.15) is 4.98 Å². The number of benzene rings is 1. The first-order valence-corrected chi connectivity index (χ1v) is 16.2. The zero-order valence-electron chi connectivity index (χ0n) is 23.8. The van der Waals surface area contributed by atoms with Gasteiger partial charge in [-0.15, -0.1) is 22.7 Å². The highest BCUT2D eigenvalue weighted by atomic mass is 32.1. The minimum Gasteiger partial charge on any atom is -0.396 e. The van der Waals surface area contributed by atoms with Crippen molar-refractivity contribution in [2.24, 2.45) is 5.92 Å². The molecule has 4 aromatic heterocycles. The van der Waals surface area contributed by atoms with Crippen molar-refractivity contribution < 1.29 is 15.3 Å². The van der Waals surface area contributed by atoms with Gasteiger partial charge in [0.1, 0.15) is 22.4 Å². The van der Waals surface area contributed by atoms with Gasteiger partial charge < -0.3 is 26.0 Å². The summed E-state index contributed by atoms with van der Waals surface area (Å²) < 4.78 is 0.993. The molecule has 7 rings (SSSR count). The summed E-state index contributed by atoms with van der Waals surface area (Å²) in [7, 11) is 0. The number of thiazole rings is 2. The number of fused-ring (bicyclic) bond motifs is 1. The molecule has 2 aliphatic rings. The zero-order chi connectivity index (χ0) is 29.7. The van der Waals surface area contributed by atoms with E-state index in [2.05, 4.69) is 52.2 Å². The maximum absolute atomic E-state index is 10.8. The fourth-order valence-corrected chi connectivity index (χ4v) is 7.70. The van der Waals surface area contributed by atoms with E-state index in [1.165, 1.54) is 29.2 Å². The van der Waals surface area contributed by atoms with Crippen molar-refractivity contribution in [1.82, 2.24) is 24.9 Å². The van der Waals surface area contributed by atoms with Gasteiger partial charge >= 0.3 is 0 Å². The molecule has 0 amide bonds. The predicted octanol–water partition coefficient (Wildman–Crippen LogP) is 5.15. The lowest BCUT2D eigenvalue weighted by molar-refractivity contribution is 0.00446. The van der Waals surface area contributed by atoms with Gasteiger partial charge in [0.25, 0.3) is 0 Å². The Morgan fingerprint density at radius 1 is 1.02 bits per heavy atom. The summed E-state index contributed by atoms with van der Waals surface area (Å²) in [5.74, 6) is 1.18. The molecule has 12 heteroatoms. The van der Waals surface area contributed by atoms with Gasteiger partial charge in [0, 0.05) is 35.6 Å². The zero-order valence-corrected chi connectivity index (χ0v) is 25.4. The van der Waals surface area contributed by atoms with Gasteiger partial charge in [0.15, 0.2) is 0 Å². The van der Waals surface area contributed by atoms with E-state index in [1.54, 1.807) is 23.7 Å². The summed E-state index contributed by atoms with van der Waals surface area (Å²) in [5, 5.41) is 41.8. The fraction of sp³-hybridized carbons (Fsp3) is 0.387. The van der Waals surface area contributed by atoms with Crippen LogP contribution in [0.2, 0.25) is 0 Å². The fourth-order valence-electron chi connectivity index (χ4n) is 5.67. The lowest BCUT2D eigenvalue weighted by Crippen LogP contribution is -2.35. The molecule has 5 N–H and O–H groups in total. The van der Waals surface area contributed by atoms with E-state index in [9.17, 15) is 15.3 Å². The van der Waals surface area contributed by atoms with Gasteiger partial charge in [-0.3, -0.25) is 4.98 Å². The van der Waals surface area contributed by atoms with E-state index in [4.69, 9.17) is 19.9 Å². The minimum atomic E-state index is -1.05. The van der Waals surface area contributed by atoms with E-state index in [1.807, 2.05) is 13.0 Å². The lowest BCUT2D eigenvalue weighted by Gasteiger charge is -2.22. The Morgan fingerprint density at radius 2 is 1.84 bits per heavy atom. The molecule has 43 heavy (non-hydrogen) atoms. The summed E-state index contributed by atoms with van der Waals surface area (Å²) in [6.45, 7) is 3.77. The van der Waals surface area contributed by atoms with Crippen molar-refractivity contribution in [1.29, 1.82) is 0 Å². The van der Waals surface area contributed by atoms with E-state index in [-0.39, 0.29) is 12.6 Å². The van der Waals surface area contributed by atoms with Crippen LogP contribution in [0, 0.1) is 12.8 Å². The third kappa shape index (κ3) is 5.61. The van der Waals surface area contributed by atoms with E-state index in [0.717, 1.165) is 43.3 Å². The molecule has 0 aliphatic heterocycles. The van der Waals surface area contributed by atoms with Crippen LogP contribution in [-0.4, -0.2) is 65.1 Å². The van der Waals surface area contributed by atoms with Crippen LogP contribution in [0.5, 0.6) is 0 Å². The minimum absolute atomic E-state index is 0.0872. The van der Waals surface area contributed by atoms with Crippen molar-refractivity contribution in [2.75, 3.05) is 17.2 Å². The molecule has 4 heterocycles. The van der Waals surface area contributed by atoms with Crippen LogP contribution in [0.4, 0.5) is 11.8 Å². The van der Waals surface area contributed by atoms with Crippen molar-refractivity contribution >= 4 is 44.7 Å². The van der Waals surface area contributed by atoms with E-state index >= 15 is 0 Å². The Kier molecular flexibility index (Phi) is 7.56. The third-order valence-corrected chi connectivity index (χ3v) is 10.4. The van der Waals surface area contributed by atoms with Gasteiger partial charge in [0.05, 0.1) is 51.0 Å². The van der Waals surface area contributed by atoms with Gasteiger partial charge in [-0.1, -0.05) is 24.3 Å². The average molecular weight is 616 g/mol. The molecular formula is C31H33N7O3S2. The second kappa shape index (κ2) is 11.5. The van der Waals surface area contributed by atoms with Crippen LogP contribution < -0.4 is 10.6 Å². The normalized spacial score (nSPS) is 22.6. The molecule has 5 aromatic rings. The highest BCUT2D eigenvalue weighted by Crippen LogP contribution is 2.42. The van der Waals surface area contributed by atoms with Crippen LogP contribution in [0.3, 0.4) is 0 Å². The number of hydrogen-bond acceptors (Lipinski definition) is 12. The Balaban J connectivity index is 1.17. The molecule has 1 aromatic carbocycles. The number of nitrogens with zero attached hydrogens (tertiary/aromatic N) is 5. The smallest absolute Gasteiger partial charge is 0.225 e. The molecule has 0 radical (unpaired) electrons. The standard InChI is InChI=1S/C31H33N7O3S2/c1-15(17-3-5-18(6-4-17)23-14-42-29(37-23)19-7-8-19)33-31-34-16(2)25(30-36-22-12-32-10-9-24(22)43-30)28(38-31)35-21-11-20(13-39)26(40)27(21)41/h3-6,9-10,12,14-15,19-21,26-27,39-41H,7-8,11,13H2,1-2H3,(H2,33,34,35,38)/t15-,20-,21-,26-,27+/m1/s1. The quantitative estimate of drug-likeness (QED) is 0.151. The molecule has 5 atom stereocenters. The van der Waals surface area contributed by atoms with Crippen LogP contribution in [0.15, 0.2) is 48.1 Å². The lowest BCUT2D eigenvalue weighted by atomic mass is 10.1. The van der Waals surface area contributed by atoms with Crippen LogP contribution >= 0.6 is 22.7 Å². The van der Waals surface area contributed by atoms with Gasteiger partial charge in [0.2, 0.25) is 5.95 Å². The number of aliphatic hydroxyl groups excluding tert-OH is 3. The van der Waals surface area contributed by atoms with Crippen molar-refractivity contribution in [3.8, 4) is 21.8 Å². The van der Waals surface area contributed by atoms with Crippen LogP contribution in [-0.2, 0) is 0 Å². The summed E-state index contributed by atoms with van der Waals surface area (Å²) in [5.41, 5.74) is 5.44. The Bertz CT molecular complexity index is 1720. The van der Waals surface area contributed by atoms with Gasteiger partial charge in [-0.05, 0) is 44.7 Å². The summed E-state index contributed by atoms with van der Waals surface area (Å²) in [6.07, 6.45) is 4.29. The molecule has 0 unspecified atom stereocenters. The van der Waals surface area contributed by atoms with Crippen molar-refractivity contribution in [2.45, 2.75) is 63.3 Å². The largest absolute Gasteiger partial charge is 0.396 e. The summed E-state index contributed by atoms with van der Waals surface area (Å²) in [6, 6.07) is 9.75. The van der Waals surface area contributed by atoms with E-state index in [0.29, 0.717) is 24.1 Å². The number of anilines is 2. The number of hydrogen-bond donors (Lipinski definition) is 5.